The van der Waals surface area contributed by atoms with E-state index >= 15 is 0 Å². The van der Waals surface area contributed by atoms with Gasteiger partial charge in [0.15, 0.2) is 5.82 Å². The van der Waals surface area contributed by atoms with Crippen LogP contribution in [0.15, 0.2) is 0 Å². The summed E-state index contributed by atoms with van der Waals surface area (Å²) in [5.41, 5.74) is 5.09. The Morgan fingerprint density at radius 1 is 1.73 bits per heavy atom. The molecular formula is C2H4N6O3. The second-order valence-corrected chi connectivity index (χ2v) is 1.54. The average Bonchev–Trinajstić information content (AvgIpc) is 2.18. The minimum Gasteiger partial charge on any atom is -0.379 e. The molecule has 1 aromatic heterocycles. The van der Waals surface area contributed by atoms with Crippen molar-refractivity contribution < 1.29 is 9.92 Å². The van der Waals surface area contributed by atoms with Gasteiger partial charge >= 0.3 is 5.09 Å². The van der Waals surface area contributed by atoms with E-state index in [9.17, 15) is 10.1 Å². The first-order valence-corrected chi connectivity index (χ1v) is 2.40. The van der Waals surface area contributed by atoms with Crippen LogP contribution in [0.5, 0.6) is 5.88 Å². The molecule has 0 spiro atoms. The van der Waals surface area contributed by atoms with Crippen molar-refractivity contribution in [3.63, 3.8) is 0 Å². The Morgan fingerprint density at radius 3 is 2.73 bits per heavy atom. The van der Waals surface area contributed by atoms with Crippen molar-refractivity contribution in [1.29, 1.82) is 0 Å². The third-order valence-electron chi connectivity index (χ3n) is 0.837. The summed E-state index contributed by atoms with van der Waals surface area (Å²) >= 11 is 0. The van der Waals surface area contributed by atoms with Crippen LogP contribution in [-0.4, -0.2) is 20.2 Å². The third kappa shape index (κ3) is 1.26. The topological polar surface area (TPSA) is 135 Å². The Morgan fingerprint density at radius 2 is 2.36 bits per heavy atom. The minimum absolute atomic E-state index is 0.232. The predicted molar refractivity (Wildman–Crippen MR) is 32.2 cm³/mol. The quantitative estimate of drug-likeness (QED) is 0.294. The molecule has 11 heavy (non-hydrogen) atoms. The van der Waals surface area contributed by atoms with Gasteiger partial charge < -0.3 is 11.6 Å². The van der Waals surface area contributed by atoms with Crippen molar-refractivity contribution in [3.8, 4) is 5.88 Å². The van der Waals surface area contributed by atoms with Crippen molar-refractivity contribution >= 4 is 5.82 Å². The van der Waals surface area contributed by atoms with Gasteiger partial charge in [0.1, 0.15) is 0 Å². The van der Waals surface area contributed by atoms with Crippen molar-refractivity contribution in [2.75, 3.05) is 11.6 Å². The van der Waals surface area contributed by atoms with Crippen LogP contribution in [0.2, 0.25) is 0 Å². The smallest absolute Gasteiger partial charge is 0.301 e. The van der Waals surface area contributed by atoms with Crippen LogP contribution in [0.4, 0.5) is 5.82 Å². The minimum atomic E-state index is -1.06. The second kappa shape index (κ2) is 2.28. The number of aromatic nitrogens is 3. The third-order valence-corrected chi connectivity index (χ3v) is 0.837. The Kier molecular flexibility index (Phi) is 1.46. The maximum absolute atomic E-state index is 9.77. The van der Waals surface area contributed by atoms with E-state index < -0.39 is 11.0 Å². The first kappa shape index (κ1) is 7.05. The highest BCUT2D eigenvalue weighted by molar-refractivity contribution is 5.38. The van der Waals surface area contributed by atoms with Crippen LogP contribution in [-0.2, 0) is 0 Å². The van der Waals surface area contributed by atoms with E-state index in [1.54, 1.807) is 0 Å². The van der Waals surface area contributed by atoms with E-state index in [4.69, 9.17) is 11.6 Å². The molecule has 1 heterocycles. The van der Waals surface area contributed by atoms with Gasteiger partial charge in [0.2, 0.25) is 0 Å². The molecule has 0 aliphatic rings. The van der Waals surface area contributed by atoms with Crippen LogP contribution in [0.25, 0.3) is 0 Å². The molecule has 0 aliphatic heterocycles. The fourth-order valence-corrected chi connectivity index (χ4v) is 0.456. The molecule has 0 amide bonds. The number of hydrogen-bond acceptors (Lipinski definition) is 7. The molecule has 0 unspecified atom stereocenters. The Balaban J connectivity index is 2.92. The van der Waals surface area contributed by atoms with Crippen LogP contribution in [0.3, 0.4) is 0 Å². The maximum Gasteiger partial charge on any atom is 0.301 e. The van der Waals surface area contributed by atoms with Crippen molar-refractivity contribution in [1.82, 2.24) is 15.1 Å². The molecule has 4 N–H and O–H groups in total. The fraction of sp³-hybridized carbons (Fsp3) is 0. The zero-order valence-electron chi connectivity index (χ0n) is 5.17. The lowest BCUT2D eigenvalue weighted by Crippen LogP contribution is -2.16. The lowest BCUT2D eigenvalue weighted by molar-refractivity contribution is -0.712. The van der Waals surface area contributed by atoms with E-state index in [2.05, 4.69) is 15.1 Å². The summed E-state index contributed by atoms with van der Waals surface area (Å²) < 4.78 is 0. The highest BCUT2D eigenvalue weighted by Crippen LogP contribution is 2.13. The van der Waals surface area contributed by atoms with Crippen molar-refractivity contribution in [2.45, 2.75) is 0 Å². The molecule has 0 radical (unpaired) electrons. The van der Waals surface area contributed by atoms with Crippen molar-refractivity contribution in [2.24, 2.45) is 0 Å². The monoisotopic (exact) mass is 160 g/mol. The fourth-order valence-electron chi connectivity index (χ4n) is 0.456. The van der Waals surface area contributed by atoms with Gasteiger partial charge in [-0.15, -0.1) is 20.0 Å². The zero-order valence-corrected chi connectivity index (χ0v) is 5.17. The molecule has 60 valence electrons. The molecule has 0 aliphatic carbocycles. The number of nitrogens with zero attached hydrogens (tertiary/aromatic N) is 4. The number of nitrogens with two attached hydrogens (primary N) is 2. The largest absolute Gasteiger partial charge is 0.379 e. The van der Waals surface area contributed by atoms with Crippen molar-refractivity contribution in [3.05, 3.63) is 10.1 Å². The normalized spacial score (nSPS) is 9.45. The van der Waals surface area contributed by atoms with Crippen LogP contribution in [0.1, 0.15) is 0 Å². The van der Waals surface area contributed by atoms with Gasteiger partial charge in [-0.3, -0.25) is 4.84 Å². The summed E-state index contributed by atoms with van der Waals surface area (Å²) in [6.45, 7) is 0. The molecule has 1 rings (SSSR count). The average molecular weight is 160 g/mol. The molecule has 9 nitrogen and oxygen atoms in total. The van der Waals surface area contributed by atoms with Crippen LogP contribution in [0, 0.1) is 10.1 Å². The molecule has 0 aromatic carbocycles. The first-order valence-electron chi connectivity index (χ1n) is 2.40. The molecule has 9 heteroatoms. The molecule has 0 atom stereocenters. The van der Waals surface area contributed by atoms with Gasteiger partial charge in [0, 0.05) is 0 Å². The molecular weight excluding hydrogens is 156 g/mol. The molecule has 1 aromatic rings. The Hall–Kier alpha value is -2.06. The summed E-state index contributed by atoms with van der Waals surface area (Å²) in [4.78, 5) is 14.3. The van der Waals surface area contributed by atoms with E-state index in [1.165, 1.54) is 0 Å². The summed E-state index contributed by atoms with van der Waals surface area (Å²) in [6.07, 6.45) is 0. The SMILES string of the molecule is Nc1nnn(N)c1O[N+](=O)[O-]. The standard InChI is InChI=1S/C2H4N6O3/c3-1-2(11-8(9)10)7(4)6-5-1/h3-4H2. The summed E-state index contributed by atoms with van der Waals surface area (Å²) in [7, 11) is 0. The summed E-state index contributed by atoms with van der Waals surface area (Å²) in [5, 5.41) is 15.1. The summed E-state index contributed by atoms with van der Waals surface area (Å²) in [5.74, 6) is 4.40. The van der Waals surface area contributed by atoms with E-state index in [-0.39, 0.29) is 5.82 Å². The van der Waals surface area contributed by atoms with Gasteiger partial charge in [-0.05, 0) is 5.21 Å². The van der Waals surface area contributed by atoms with Gasteiger partial charge in [0.25, 0.3) is 5.88 Å². The van der Waals surface area contributed by atoms with Gasteiger partial charge in [0.05, 0.1) is 0 Å². The van der Waals surface area contributed by atoms with E-state index in [0.717, 1.165) is 0 Å². The number of anilines is 1. The molecule has 0 bridgehead atoms. The van der Waals surface area contributed by atoms with Gasteiger partial charge in [-0.2, -0.15) is 0 Å². The lowest BCUT2D eigenvalue weighted by atomic mass is 10.7. The predicted octanol–water partition coefficient (Wildman–Crippen LogP) is -1.86. The second-order valence-electron chi connectivity index (χ2n) is 1.54. The Labute approximate surface area is 59.6 Å². The number of hydrogen-bond donors (Lipinski definition) is 2. The maximum atomic E-state index is 9.77. The zero-order chi connectivity index (χ0) is 8.43. The highest BCUT2D eigenvalue weighted by Gasteiger charge is 2.11. The Bertz CT molecular complexity index is 260. The lowest BCUT2D eigenvalue weighted by Gasteiger charge is -1.95. The van der Waals surface area contributed by atoms with Gasteiger partial charge in [-0.1, -0.05) is 0 Å². The van der Waals surface area contributed by atoms with E-state index in [0.29, 0.717) is 4.79 Å². The number of nitrogen functional groups attached to an aromatic ring is 2. The molecule has 0 saturated heterocycles. The number of rotatable bonds is 2. The summed E-state index contributed by atoms with van der Waals surface area (Å²) in [6, 6.07) is 0. The van der Waals surface area contributed by atoms with E-state index in [1.807, 2.05) is 0 Å². The van der Waals surface area contributed by atoms with Crippen LogP contribution >= 0.6 is 0 Å². The molecule has 0 saturated carbocycles. The molecule has 0 fully saturated rings. The first-order chi connectivity index (χ1) is 5.11. The van der Waals surface area contributed by atoms with Gasteiger partial charge in [-0.25, -0.2) is 0 Å². The highest BCUT2D eigenvalue weighted by atomic mass is 17.0. The van der Waals surface area contributed by atoms with Crippen LogP contribution < -0.4 is 16.4 Å².